The lowest BCUT2D eigenvalue weighted by molar-refractivity contribution is 0.171. The number of hydrogen-bond donors (Lipinski definition) is 1. The Morgan fingerprint density at radius 3 is 2.71 bits per heavy atom. The molecule has 5 nitrogen and oxygen atoms in total. The highest BCUT2D eigenvalue weighted by Crippen LogP contribution is 2.30. The van der Waals surface area contributed by atoms with Crippen LogP contribution in [-0.2, 0) is 19.5 Å². The molecular weight excluding hydrogens is 304 g/mol. The first kappa shape index (κ1) is 14.9. The average Bonchev–Trinajstić information content (AvgIpc) is 2.65. The second kappa shape index (κ2) is 6.43. The Morgan fingerprint density at radius 2 is 1.83 bits per heavy atom. The van der Waals surface area contributed by atoms with E-state index in [4.69, 9.17) is 9.47 Å². The third-order valence-corrected chi connectivity index (χ3v) is 4.47. The number of ether oxygens (including phenoxy) is 2. The van der Waals surface area contributed by atoms with Gasteiger partial charge in [-0.3, -0.25) is 0 Å². The van der Waals surface area contributed by atoms with Gasteiger partial charge in [0.25, 0.3) is 0 Å². The lowest BCUT2D eigenvalue weighted by atomic mass is 10.0. The molecule has 2 heterocycles. The minimum Gasteiger partial charge on any atom is -0.486 e. The van der Waals surface area contributed by atoms with Crippen molar-refractivity contribution in [1.29, 1.82) is 0 Å². The van der Waals surface area contributed by atoms with Gasteiger partial charge in [-0.2, -0.15) is 0 Å². The first-order valence-electron chi connectivity index (χ1n) is 8.28. The normalized spacial score (nSPS) is 15.6. The zero-order valence-corrected chi connectivity index (χ0v) is 13.5. The molecule has 2 aliphatic rings. The van der Waals surface area contributed by atoms with Crippen molar-refractivity contribution in [3.63, 3.8) is 0 Å². The van der Waals surface area contributed by atoms with Crippen LogP contribution in [-0.4, -0.2) is 30.7 Å². The summed E-state index contributed by atoms with van der Waals surface area (Å²) in [4.78, 5) is 14.3. The Morgan fingerprint density at radius 1 is 1.04 bits per heavy atom. The minimum absolute atomic E-state index is 0.0283. The number of carbonyl (C=O) groups is 1. The molecule has 24 heavy (non-hydrogen) atoms. The fourth-order valence-corrected chi connectivity index (χ4v) is 3.16. The van der Waals surface area contributed by atoms with Crippen LogP contribution in [0.15, 0.2) is 42.5 Å². The van der Waals surface area contributed by atoms with Crippen molar-refractivity contribution >= 4 is 6.03 Å². The third-order valence-electron chi connectivity index (χ3n) is 4.47. The molecule has 1 N–H and O–H groups in total. The summed E-state index contributed by atoms with van der Waals surface area (Å²) in [5.41, 5.74) is 3.58. The van der Waals surface area contributed by atoms with Gasteiger partial charge in [0.2, 0.25) is 0 Å². The highest BCUT2D eigenvalue weighted by Gasteiger charge is 2.20. The molecule has 2 aromatic carbocycles. The maximum atomic E-state index is 12.4. The van der Waals surface area contributed by atoms with Crippen molar-refractivity contribution in [3.8, 4) is 11.5 Å². The number of nitrogens with one attached hydrogen (secondary N) is 1. The number of carbonyl (C=O) groups excluding carboxylic acids is 1. The summed E-state index contributed by atoms with van der Waals surface area (Å²) in [7, 11) is 0. The second-order valence-electron chi connectivity index (χ2n) is 6.08. The zero-order chi connectivity index (χ0) is 16.4. The predicted octanol–water partition coefficient (Wildman–Crippen LogP) is 2.73. The number of hydrogen-bond acceptors (Lipinski definition) is 3. The summed E-state index contributed by atoms with van der Waals surface area (Å²) >= 11 is 0. The molecule has 0 radical (unpaired) electrons. The molecule has 5 heteroatoms. The topological polar surface area (TPSA) is 50.8 Å². The fraction of sp³-hybridized carbons (Fsp3) is 0.316. The van der Waals surface area contributed by atoms with Crippen LogP contribution in [0.5, 0.6) is 11.5 Å². The summed E-state index contributed by atoms with van der Waals surface area (Å²) in [6.07, 6.45) is 0.910. The average molecular weight is 324 g/mol. The van der Waals surface area contributed by atoms with Gasteiger partial charge in [0.15, 0.2) is 11.5 Å². The smallest absolute Gasteiger partial charge is 0.317 e. The molecule has 0 unspecified atom stereocenters. The molecule has 0 aromatic heterocycles. The lowest BCUT2D eigenvalue weighted by Crippen LogP contribution is -2.42. The lowest BCUT2D eigenvalue weighted by Gasteiger charge is -2.29. The number of rotatable bonds is 2. The van der Waals surface area contributed by atoms with E-state index in [1.165, 1.54) is 11.1 Å². The van der Waals surface area contributed by atoms with E-state index in [2.05, 4.69) is 23.5 Å². The quantitative estimate of drug-likeness (QED) is 0.924. The van der Waals surface area contributed by atoms with Crippen LogP contribution in [0.25, 0.3) is 0 Å². The van der Waals surface area contributed by atoms with E-state index < -0.39 is 0 Å². The van der Waals surface area contributed by atoms with E-state index in [1.807, 2.05) is 29.2 Å². The van der Waals surface area contributed by atoms with Crippen molar-refractivity contribution in [2.24, 2.45) is 0 Å². The predicted molar refractivity (Wildman–Crippen MR) is 90.2 cm³/mol. The van der Waals surface area contributed by atoms with Crippen molar-refractivity contribution in [2.45, 2.75) is 19.5 Å². The van der Waals surface area contributed by atoms with Crippen molar-refractivity contribution in [1.82, 2.24) is 10.2 Å². The molecule has 2 aromatic rings. The number of urea groups is 1. The van der Waals surface area contributed by atoms with Gasteiger partial charge < -0.3 is 19.7 Å². The van der Waals surface area contributed by atoms with Crippen molar-refractivity contribution in [2.75, 3.05) is 19.8 Å². The van der Waals surface area contributed by atoms with E-state index in [-0.39, 0.29) is 6.03 Å². The van der Waals surface area contributed by atoms with Crippen molar-refractivity contribution < 1.29 is 14.3 Å². The van der Waals surface area contributed by atoms with Gasteiger partial charge in [-0.1, -0.05) is 30.3 Å². The molecule has 124 valence electrons. The summed E-state index contributed by atoms with van der Waals surface area (Å²) in [5, 5.41) is 3.00. The van der Waals surface area contributed by atoms with E-state index in [0.29, 0.717) is 26.3 Å². The summed E-state index contributed by atoms with van der Waals surface area (Å²) in [6.45, 7) is 3.05. The summed E-state index contributed by atoms with van der Waals surface area (Å²) in [5.74, 6) is 1.52. The Hall–Kier alpha value is -2.69. The van der Waals surface area contributed by atoms with Crippen LogP contribution < -0.4 is 14.8 Å². The number of fused-ring (bicyclic) bond motifs is 2. The van der Waals surface area contributed by atoms with Gasteiger partial charge in [-0.25, -0.2) is 4.79 Å². The van der Waals surface area contributed by atoms with Crippen LogP contribution in [0.4, 0.5) is 4.79 Å². The highest BCUT2D eigenvalue weighted by molar-refractivity contribution is 5.74. The van der Waals surface area contributed by atoms with E-state index in [0.717, 1.165) is 30.0 Å². The molecule has 2 aliphatic heterocycles. The van der Waals surface area contributed by atoms with Gasteiger partial charge in [0, 0.05) is 19.6 Å². The molecule has 0 spiro atoms. The van der Waals surface area contributed by atoms with Crippen LogP contribution in [0.3, 0.4) is 0 Å². The molecule has 0 atom stereocenters. The monoisotopic (exact) mass is 324 g/mol. The SMILES string of the molecule is O=C(NCc1ccc2c(c1)OCCO2)N1CCc2ccccc2C1. The minimum atomic E-state index is -0.0283. The van der Waals surface area contributed by atoms with Crippen molar-refractivity contribution in [3.05, 3.63) is 59.2 Å². The first-order chi connectivity index (χ1) is 11.8. The van der Waals surface area contributed by atoms with Gasteiger partial charge in [-0.15, -0.1) is 0 Å². The number of nitrogens with zero attached hydrogens (tertiary/aromatic N) is 1. The molecule has 0 saturated heterocycles. The molecule has 2 amide bonds. The van der Waals surface area contributed by atoms with Crippen LogP contribution in [0, 0.1) is 0 Å². The molecule has 0 bridgehead atoms. The Balaban J connectivity index is 1.37. The standard InChI is InChI=1S/C19H20N2O3/c22-19(21-8-7-15-3-1-2-4-16(15)13-21)20-12-14-5-6-17-18(11-14)24-10-9-23-17/h1-6,11H,7-10,12-13H2,(H,20,22). The molecular formula is C19H20N2O3. The highest BCUT2D eigenvalue weighted by atomic mass is 16.6. The first-order valence-corrected chi connectivity index (χ1v) is 8.28. The van der Waals surface area contributed by atoms with Gasteiger partial charge >= 0.3 is 6.03 Å². The molecule has 0 saturated carbocycles. The van der Waals surface area contributed by atoms with Crippen LogP contribution in [0.1, 0.15) is 16.7 Å². The van der Waals surface area contributed by atoms with E-state index in [9.17, 15) is 4.79 Å². The Kier molecular flexibility index (Phi) is 3.99. The maximum Gasteiger partial charge on any atom is 0.317 e. The maximum absolute atomic E-state index is 12.4. The Bertz CT molecular complexity index is 760. The largest absolute Gasteiger partial charge is 0.486 e. The van der Waals surface area contributed by atoms with Crippen LogP contribution in [0.2, 0.25) is 0 Å². The fourth-order valence-electron chi connectivity index (χ4n) is 3.16. The van der Waals surface area contributed by atoms with Gasteiger partial charge in [0.1, 0.15) is 13.2 Å². The summed E-state index contributed by atoms with van der Waals surface area (Å²) < 4.78 is 11.1. The molecule has 4 rings (SSSR count). The molecule has 0 aliphatic carbocycles. The number of amides is 2. The Labute approximate surface area is 141 Å². The van der Waals surface area contributed by atoms with E-state index in [1.54, 1.807) is 0 Å². The summed E-state index contributed by atoms with van der Waals surface area (Å²) in [6, 6.07) is 14.1. The zero-order valence-electron chi connectivity index (χ0n) is 13.5. The van der Waals surface area contributed by atoms with Gasteiger partial charge in [-0.05, 0) is 35.2 Å². The third kappa shape index (κ3) is 3.02. The van der Waals surface area contributed by atoms with Gasteiger partial charge in [0.05, 0.1) is 0 Å². The number of benzene rings is 2. The van der Waals surface area contributed by atoms with E-state index >= 15 is 0 Å². The van der Waals surface area contributed by atoms with Crippen LogP contribution >= 0.6 is 0 Å². The second-order valence-corrected chi connectivity index (χ2v) is 6.08. The molecule has 0 fully saturated rings.